The van der Waals surface area contributed by atoms with Gasteiger partial charge in [-0.15, -0.1) is 0 Å². The minimum absolute atomic E-state index is 0.00470. The number of benzene rings is 1. The Morgan fingerprint density at radius 1 is 1.20 bits per heavy atom. The van der Waals surface area contributed by atoms with Crippen LogP contribution in [0.1, 0.15) is 78.8 Å². The molecule has 1 saturated carbocycles. The number of carboxylic acids is 1. The van der Waals surface area contributed by atoms with E-state index < -0.39 is 77.0 Å². The van der Waals surface area contributed by atoms with Gasteiger partial charge < -0.3 is 29.5 Å². The maximum atomic E-state index is 16.0. The average Bonchev–Trinajstić information content (AvgIpc) is 3.44. The summed E-state index contributed by atoms with van der Waals surface area (Å²) in [6.07, 6.45) is -0.192. The topological polar surface area (TPSA) is 140 Å². The fraction of sp³-hybridized carbons (Fsp3) is 0.656. The molecule has 5 rings (SSSR count). The van der Waals surface area contributed by atoms with E-state index >= 15 is 8.78 Å². The molecule has 0 spiro atoms. The van der Waals surface area contributed by atoms with Gasteiger partial charge in [0, 0.05) is 24.3 Å². The number of carbonyl (C=O) groups is 3. The van der Waals surface area contributed by atoms with Crippen LogP contribution in [-0.4, -0.2) is 75.4 Å². The first kappa shape index (κ1) is 32.6. The van der Waals surface area contributed by atoms with Crippen LogP contribution in [0, 0.1) is 17.3 Å². The van der Waals surface area contributed by atoms with Crippen LogP contribution in [0.4, 0.5) is 13.6 Å². The van der Waals surface area contributed by atoms with E-state index in [1.54, 1.807) is 52.8 Å². The van der Waals surface area contributed by atoms with Gasteiger partial charge in [0.2, 0.25) is 11.8 Å². The number of halogens is 2. The van der Waals surface area contributed by atoms with Gasteiger partial charge in [-0.05, 0) is 50.2 Å². The molecule has 2 fully saturated rings. The number of hydrogen-bond acceptors (Lipinski definition) is 8. The second-order valence-corrected chi connectivity index (χ2v) is 13.7. The predicted molar refractivity (Wildman–Crippen MR) is 159 cm³/mol. The number of methoxy groups -OCH3 is 1. The van der Waals surface area contributed by atoms with Gasteiger partial charge in [0.25, 0.3) is 5.92 Å². The zero-order chi connectivity index (χ0) is 32.9. The van der Waals surface area contributed by atoms with E-state index in [-0.39, 0.29) is 36.3 Å². The molecule has 1 saturated heterocycles. The SMILES string of the molecule is CCC1C2CN(C(=O)C(C(C)(C)C)NC(=O)OC3(C)CC3CCCCC(F)(F)c3nc4ccc(OC)cc4nc3O2)C1C(=O)O. The number of nitrogens with zero attached hydrogens (tertiary/aromatic N) is 3. The summed E-state index contributed by atoms with van der Waals surface area (Å²) in [5.41, 5.74) is -1.72. The summed E-state index contributed by atoms with van der Waals surface area (Å²) < 4.78 is 49.1. The van der Waals surface area contributed by atoms with Crippen LogP contribution in [0.2, 0.25) is 0 Å². The highest BCUT2D eigenvalue weighted by Gasteiger charge is 2.55. The van der Waals surface area contributed by atoms with Gasteiger partial charge in [-0.25, -0.2) is 19.6 Å². The number of carboxylic acid groups (broad SMARTS) is 1. The first-order valence-electron chi connectivity index (χ1n) is 15.5. The van der Waals surface area contributed by atoms with Crippen molar-refractivity contribution in [2.24, 2.45) is 17.3 Å². The van der Waals surface area contributed by atoms with E-state index in [2.05, 4.69) is 15.3 Å². The minimum atomic E-state index is -3.41. The number of nitrogens with one attached hydrogen (secondary N) is 1. The van der Waals surface area contributed by atoms with Crippen LogP contribution in [-0.2, 0) is 20.2 Å². The monoisotopic (exact) mass is 632 g/mol. The largest absolute Gasteiger partial charge is 0.497 e. The van der Waals surface area contributed by atoms with Crippen molar-refractivity contribution in [3.8, 4) is 11.6 Å². The average molecular weight is 633 g/mol. The molecule has 3 aliphatic rings. The Morgan fingerprint density at radius 2 is 1.93 bits per heavy atom. The van der Waals surface area contributed by atoms with E-state index in [9.17, 15) is 19.5 Å². The van der Waals surface area contributed by atoms with E-state index in [0.29, 0.717) is 25.0 Å². The lowest BCUT2D eigenvalue weighted by atomic mass is 9.85. The smallest absolute Gasteiger partial charge is 0.408 e. The fourth-order valence-electron chi connectivity index (χ4n) is 6.63. The number of hydrogen-bond donors (Lipinski definition) is 2. The Hall–Kier alpha value is -3.77. The lowest BCUT2D eigenvalue weighted by molar-refractivity contribution is -0.151. The molecule has 13 heteroatoms. The lowest BCUT2D eigenvalue weighted by Crippen LogP contribution is -2.57. The highest BCUT2D eigenvalue weighted by Crippen LogP contribution is 2.50. The lowest BCUT2D eigenvalue weighted by Gasteiger charge is -2.35. The molecule has 11 nitrogen and oxygen atoms in total. The Bertz CT molecular complexity index is 1480. The Morgan fingerprint density at radius 3 is 2.58 bits per heavy atom. The molecule has 2 aliphatic heterocycles. The molecular formula is C32H42F2N4O7. The molecule has 2 bridgehead atoms. The summed E-state index contributed by atoms with van der Waals surface area (Å²) in [5.74, 6) is -6.04. The predicted octanol–water partition coefficient (Wildman–Crippen LogP) is 5.29. The van der Waals surface area contributed by atoms with Gasteiger partial charge >= 0.3 is 12.1 Å². The van der Waals surface area contributed by atoms with Crippen LogP contribution in [0.25, 0.3) is 11.0 Å². The third kappa shape index (κ3) is 6.48. The Labute approximate surface area is 261 Å². The number of alkyl carbamates (subject to hydrolysis) is 1. The minimum Gasteiger partial charge on any atom is -0.497 e. The number of carbonyl (C=O) groups excluding carboxylic acids is 2. The van der Waals surface area contributed by atoms with E-state index in [1.165, 1.54) is 7.11 Å². The van der Waals surface area contributed by atoms with Crippen molar-refractivity contribution in [2.75, 3.05) is 13.7 Å². The maximum absolute atomic E-state index is 16.0. The summed E-state index contributed by atoms with van der Waals surface area (Å²) in [6, 6.07) is 2.25. The molecule has 1 aromatic heterocycles. The molecule has 1 aromatic carbocycles. The van der Waals surface area contributed by atoms with E-state index in [4.69, 9.17) is 14.2 Å². The summed E-state index contributed by atoms with van der Waals surface area (Å²) in [7, 11) is 1.47. The second-order valence-electron chi connectivity index (χ2n) is 13.7. The zero-order valence-electron chi connectivity index (χ0n) is 26.6. The molecular weight excluding hydrogens is 590 g/mol. The normalized spacial score (nSPS) is 30.6. The molecule has 0 radical (unpaired) electrons. The fourth-order valence-corrected chi connectivity index (χ4v) is 6.63. The van der Waals surface area contributed by atoms with E-state index in [1.807, 2.05) is 0 Å². The van der Waals surface area contributed by atoms with Crippen molar-refractivity contribution in [1.29, 1.82) is 0 Å². The second kappa shape index (κ2) is 11.9. The van der Waals surface area contributed by atoms with Crippen LogP contribution in [0.15, 0.2) is 18.2 Å². The molecule has 246 valence electrons. The Balaban J connectivity index is 1.60. The van der Waals surface area contributed by atoms with Crippen molar-refractivity contribution >= 4 is 29.0 Å². The van der Waals surface area contributed by atoms with Crippen molar-refractivity contribution in [2.45, 2.75) is 103 Å². The highest BCUT2D eigenvalue weighted by molar-refractivity contribution is 5.91. The van der Waals surface area contributed by atoms with Gasteiger partial charge in [0.15, 0.2) is 5.69 Å². The van der Waals surface area contributed by atoms with Crippen LogP contribution < -0.4 is 14.8 Å². The quantitative estimate of drug-likeness (QED) is 0.462. The first-order valence-corrected chi connectivity index (χ1v) is 15.5. The number of fused-ring (bicyclic) bond motifs is 5. The molecule has 6 atom stereocenters. The summed E-state index contributed by atoms with van der Waals surface area (Å²) in [6.45, 7) is 8.59. The molecule has 3 heterocycles. The number of amides is 2. The highest BCUT2D eigenvalue weighted by atomic mass is 19.3. The van der Waals surface area contributed by atoms with Crippen molar-refractivity contribution in [3.05, 3.63) is 23.9 Å². The molecule has 1 aliphatic carbocycles. The summed E-state index contributed by atoms with van der Waals surface area (Å²) in [4.78, 5) is 49.7. The number of alkyl halides is 2. The van der Waals surface area contributed by atoms with Gasteiger partial charge in [0.1, 0.15) is 29.5 Å². The van der Waals surface area contributed by atoms with Gasteiger partial charge in [-0.1, -0.05) is 34.1 Å². The van der Waals surface area contributed by atoms with Crippen LogP contribution >= 0.6 is 0 Å². The third-order valence-electron chi connectivity index (χ3n) is 9.40. The molecule has 2 amide bonds. The number of aliphatic carboxylic acids is 1. The number of aromatic nitrogens is 2. The van der Waals surface area contributed by atoms with Gasteiger partial charge in [0.05, 0.1) is 24.7 Å². The first-order chi connectivity index (χ1) is 21.1. The van der Waals surface area contributed by atoms with E-state index in [0.717, 1.165) is 4.90 Å². The van der Waals surface area contributed by atoms with Gasteiger partial charge in [-0.2, -0.15) is 8.78 Å². The van der Waals surface area contributed by atoms with Crippen molar-refractivity contribution in [3.63, 3.8) is 0 Å². The molecule has 2 N–H and O–H groups in total. The molecule has 45 heavy (non-hydrogen) atoms. The Kier molecular flexibility index (Phi) is 8.60. The number of rotatable bonds is 3. The molecule has 6 unspecified atom stereocenters. The zero-order valence-corrected chi connectivity index (χ0v) is 26.6. The summed E-state index contributed by atoms with van der Waals surface area (Å²) in [5, 5.41) is 13.0. The summed E-state index contributed by atoms with van der Waals surface area (Å²) >= 11 is 0. The standard InChI is InChI=1S/C32H42F2N4O7/c1-7-19-22-16-38(23(19)28(40)41)27(39)25(30(2,3)4)37-29(42)45-31(5)15-17(31)10-8-9-13-32(33,34)24-26(44-22)36-21-14-18(43-6)11-12-20(21)35-24/h11-12,14,17,19,22-23,25H,7-10,13,15-16H2,1-6H3,(H,37,42)(H,40,41). The van der Waals surface area contributed by atoms with Crippen LogP contribution in [0.5, 0.6) is 11.6 Å². The van der Waals surface area contributed by atoms with Crippen molar-refractivity contribution < 1.29 is 42.5 Å². The van der Waals surface area contributed by atoms with Crippen molar-refractivity contribution in [1.82, 2.24) is 20.2 Å². The maximum Gasteiger partial charge on any atom is 0.408 e. The molecule has 2 aromatic rings. The third-order valence-corrected chi connectivity index (χ3v) is 9.40. The van der Waals surface area contributed by atoms with Gasteiger partial charge in [-0.3, -0.25) is 4.79 Å². The van der Waals surface area contributed by atoms with Crippen LogP contribution in [0.3, 0.4) is 0 Å². The number of ether oxygens (including phenoxy) is 3.